The van der Waals surface area contributed by atoms with Gasteiger partial charge in [-0.1, -0.05) is 133 Å². The Morgan fingerprint density at radius 3 is 1.55 bits per heavy atom. The summed E-state index contributed by atoms with van der Waals surface area (Å²) in [6.07, 6.45) is 0. The van der Waals surface area contributed by atoms with Crippen molar-refractivity contribution in [1.29, 1.82) is 0 Å². The predicted molar refractivity (Wildman–Crippen MR) is 286 cm³/mol. The van der Waals surface area contributed by atoms with E-state index in [1.54, 1.807) is 0 Å². The fourth-order valence-electron chi connectivity index (χ4n) is 11.1. The molecule has 9 heteroatoms. The monoisotopic (exact) mass is 758 g/mol. The summed E-state index contributed by atoms with van der Waals surface area (Å²) in [6.45, 7) is 4.70. The molecule has 276 valence electrons. The van der Waals surface area contributed by atoms with E-state index in [1.807, 2.05) is 0 Å². The highest BCUT2D eigenvalue weighted by atomic mass is 16.3. The second-order valence-electron chi connectivity index (χ2n) is 18.2. The second-order valence-corrected chi connectivity index (χ2v) is 18.2. The Labute approximate surface area is 359 Å². The maximum Gasteiger partial charge on any atom is 0.143 e. The Bertz CT molecular complexity index is 3470. The second kappa shape index (κ2) is 13.0. The molecule has 0 radical (unpaired) electrons. The Balaban J connectivity index is 1.19. The lowest BCUT2D eigenvalue weighted by Gasteiger charge is -2.28. The molecule has 0 N–H and O–H groups in total. The van der Waals surface area contributed by atoms with Crippen molar-refractivity contribution in [2.75, 3.05) is 0 Å². The largest absolute Gasteiger partial charge is 0.455 e. The minimum atomic E-state index is -0.00546. The summed E-state index contributed by atoms with van der Waals surface area (Å²) in [4.78, 5) is 0. The van der Waals surface area contributed by atoms with E-state index in [9.17, 15) is 0 Å². The van der Waals surface area contributed by atoms with E-state index in [1.165, 1.54) is 126 Å². The van der Waals surface area contributed by atoms with E-state index in [0.717, 1.165) is 27.3 Å². The molecule has 0 saturated carbocycles. The molecule has 1 aliphatic rings. The number of rotatable bonds is 3. The van der Waals surface area contributed by atoms with Crippen molar-refractivity contribution in [2.24, 2.45) is 0 Å². The molecule has 0 amide bonds. The first-order chi connectivity index (χ1) is 28.9. The molecule has 1 nitrogen and oxygen atoms in total. The number of hydrogen-bond acceptors (Lipinski definition) is 1. The molecular weight excluding hydrogens is 715 g/mol. The number of benzene rings is 9. The third-order valence-electron chi connectivity index (χ3n) is 15.1. The zero-order chi connectivity index (χ0) is 41.5. The molecule has 0 saturated heterocycles. The molecule has 0 aliphatic heterocycles. The Hall–Kier alpha value is -5.92. The topological polar surface area (TPSA) is 13.1 Å². The van der Waals surface area contributed by atoms with Crippen molar-refractivity contribution in [3.05, 3.63) is 132 Å². The van der Waals surface area contributed by atoms with Gasteiger partial charge in [-0.15, -0.1) is 21.9 Å². The summed E-state index contributed by atoms with van der Waals surface area (Å²) in [7, 11) is 18.6. The first-order valence-electron chi connectivity index (χ1n) is 21.5. The zero-order valence-corrected chi connectivity index (χ0v) is 36.5. The average Bonchev–Trinajstić information content (AvgIpc) is 3.76. The van der Waals surface area contributed by atoms with Gasteiger partial charge in [0.1, 0.15) is 73.9 Å². The van der Waals surface area contributed by atoms with Gasteiger partial charge >= 0.3 is 0 Å². The van der Waals surface area contributed by atoms with Crippen molar-refractivity contribution in [3.63, 3.8) is 0 Å². The molecule has 0 bridgehead atoms. The number of furan rings is 1. The lowest BCUT2D eigenvalue weighted by Crippen LogP contribution is -2.50. The van der Waals surface area contributed by atoms with Gasteiger partial charge in [0.05, 0.1) is 0 Å². The maximum absolute atomic E-state index is 6.65. The van der Waals surface area contributed by atoms with Crippen LogP contribution in [-0.2, 0) is 5.41 Å². The third-order valence-corrected chi connectivity index (χ3v) is 15.1. The Morgan fingerprint density at radius 2 is 0.900 bits per heavy atom. The highest BCUT2D eigenvalue weighted by molar-refractivity contribution is 6.71. The number of fused-ring (bicyclic) bond motifs is 10. The van der Waals surface area contributed by atoms with Crippen molar-refractivity contribution in [2.45, 2.75) is 19.3 Å². The van der Waals surface area contributed by atoms with Crippen LogP contribution in [0.4, 0.5) is 0 Å². The highest BCUT2D eigenvalue weighted by Crippen LogP contribution is 2.50. The van der Waals surface area contributed by atoms with Gasteiger partial charge < -0.3 is 4.42 Å². The molecule has 0 spiro atoms. The van der Waals surface area contributed by atoms with E-state index >= 15 is 0 Å². The van der Waals surface area contributed by atoms with Crippen LogP contribution >= 0.6 is 0 Å². The lowest BCUT2D eigenvalue weighted by molar-refractivity contribution is 0.660. The summed E-state index contributed by atoms with van der Waals surface area (Å²) in [5.74, 6) is 0. The molecular formula is C51H42B8O. The third kappa shape index (κ3) is 4.99. The highest BCUT2D eigenvalue weighted by Gasteiger charge is 2.35. The van der Waals surface area contributed by atoms with Gasteiger partial charge in [-0.05, 0) is 107 Å². The van der Waals surface area contributed by atoms with Gasteiger partial charge in [0.15, 0.2) is 0 Å². The predicted octanol–water partition coefficient (Wildman–Crippen LogP) is 0.420. The van der Waals surface area contributed by atoms with E-state index in [2.05, 4.69) is 198 Å². The first-order valence-corrected chi connectivity index (χ1v) is 21.5. The summed E-state index contributed by atoms with van der Waals surface area (Å²) >= 11 is 0. The van der Waals surface area contributed by atoms with Crippen LogP contribution in [0.1, 0.15) is 25.0 Å². The zero-order valence-electron chi connectivity index (χ0n) is 36.5. The maximum atomic E-state index is 6.65. The van der Waals surface area contributed by atoms with Crippen LogP contribution in [0.15, 0.2) is 126 Å². The van der Waals surface area contributed by atoms with Crippen LogP contribution in [0.5, 0.6) is 0 Å². The molecule has 11 rings (SSSR count). The summed E-state index contributed by atoms with van der Waals surface area (Å²) in [5, 5.41) is 10.1. The minimum Gasteiger partial charge on any atom is -0.455 e. The molecule has 1 aromatic heterocycles. The Kier molecular flexibility index (Phi) is 8.06. The molecule has 0 fully saturated rings. The molecule has 10 aromatic rings. The lowest BCUT2D eigenvalue weighted by atomic mass is 9.59. The van der Waals surface area contributed by atoms with Gasteiger partial charge in [0.25, 0.3) is 0 Å². The molecule has 1 aliphatic carbocycles. The summed E-state index contributed by atoms with van der Waals surface area (Å²) in [6, 6.07) is 45.4. The quantitative estimate of drug-likeness (QED) is 0.189. The van der Waals surface area contributed by atoms with Crippen LogP contribution in [0.25, 0.3) is 98.8 Å². The van der Waals surface area contributed by atoms with Crippen LogP contribution in [0.2, 0.25) is 0 Å². The summed E-state index contributed by atoms with van der Waals surface area (Å²) < 4.78 is 6.65. The standard InChI is InChI=1S/C51H42B8O/c1-51(2)33-10-6-5-9-29(33)31-21-26(16-19-34(31)51)23-11-13-25(14-12-23)36-38-40(44(54)48(58)46(56)42(38)52)37(41-39(36)43(53)47(57)49(59)45(41)55)27-17-20-35-32(22-27)30-18-15-24-7-3-4-8-28(24)50(30)60-35/h3-22H,52-59H2,1-2H3. The van der Waals surface area contributed by atoms with Crippen molar-refractivity contribution in [1.82, 2.24) is 0 Å². The molecule has 1 heterocycles. The first kappa shape index (κ1) is 37.1. The Morgan fingerprint density at radius 1 is 0.383 bits per heavy atom. The van der Waals surface area contributed by atoms with Crippen molar-refractivity contribution in [3.8, 4) is 44.5 Å². The molecule has 60 heavy (non-hydrogen) atoms. The van der Waals surface area contributed by atoms with Crippen LogP contribution in [-0.4, -0.2) is 62.8 Å². The fourth-order valence-corrected chi connectivity index (χ4v) is 11.1. The smallest absolute Gasteiger partial charge is 0.143 e. The van der Waals surface area contributed by atoms with Gasteiger partial charge in [0, 0.05) is 21.6 Å². The van der Waals surface area contributed by atoms with E-state index in [4.69, 9.17) is 4.42 Å². The van der Waals surface area contributed by atoms with Crippen molar-refractivity contribution < 1.29 is 4.42 Å². The molecule has 0 unspecified atom stereocenters. The fraction of sp³-hybridized carbons (Fsp3) is 0.0588. The average molecular weight is 757 g/mol. The van der Waals surface area contributed by atoms with Crippen LogP contribution < -0.4 is 43.7 Å². The van der Waals surface area contributed by atoms with E-state index in [-0.39, 0.29) is 5.41 Å². The van der Waals surface area contributed by atoms with Gasteiger partial charge in [-0.25, -0.2) is 0 Å². The van der Waals surface area contributed by atoms with Gasteiger partial charge in [-0.2, -0.15) is 0 Å². The van der Waals surface area contributed by atoms with E-state index < -0.39 is 0 Å². The van der Waals surface area contributed by atoms with Crippen LogP contribution in [0.3, 0.4) is 0 Å². The molecule has 9 aromatic carbocycles. The summed E-state index contributed by atoms with van der Waals surface area (Å²) in [5.41, 5.74) is 25.9. The van der Waals surface area contributed by atoms with Gasteiger partial charge in [0.2, 0.25) is 0 Å². The number of hydrogen-bond donors (Lipinski definition) is 0. The van der Waals surface area contributed by atoms with Crippen molar-refractivity contribution >= 4 is 161 Å². The normalized spacial score (nSPS) is 13.2. The molecule has 0 atom stereocenters. The van der Waals surface area contributed by atoms with E-state index in [0.29, 0.717) is 0 Å². The van der Waals surface area contributed by atoms with Gasteiger partial charge in [-0.3, -0.25) is 0 Å². The van der Waals surface area contributed by atoms with Crippen LogP contribution in [0, 0.1) is 0 Å². The SMILES string of the molecule is Bc1c(B)c(B)c2c(-c3ccc4oc5c6ccccc6ccc5c4c3)c3c(B)c(B)c(B)c(B)c3c(-c3ccc(-c4ccc5c(c4)-c4ccccc4C5(C)C)cc3)c2c1B. The minimum absolute atomic E-state index is 0.00546.